The lowest BCUT2D eigenvalue weighted by atomic mass is 10.1. The maximum Gasteiger partial charge on any atom is 0.226 e. The molecule has 102 valence electrons. The summed E-state index contributed by atoms with van der Waals surface area (Å²) in [5.41, 5.74) is 1.29. The minimum Gasteiger partial charge on any atom is -0.339 e. The highest BCUT2D eigenvalue weighted by Gasteiger charge is 2.06. The molecule has 2 aromatic rings. The van der Waals surface area contributed by atoms with E-state index in [1.54, 1.807) is 11.8 Å². The van der Waals surface area contributed by atoms with Crippen molar-refractivity contribution in [2.45, 2.75) is 37.0 Å². The zero-order chi connectivity index (χ0) is 13.7. The molecule has 1 N–H and O–H groups in total. The van der Waals surface area contributed by atoms with Crippen molar-refractivity contribution in [2.75, 3.05) is 7.05 Å². The molecule has 0 saturated heterocycles. The Morgan fingerprint density at radius 2 is 2.05 bits per heavy atom. The molecule has 1 heterocycles. The van der Waals surface area contributed by atoms with Gasteiger partial charge in [0.15, 0.2) is 5.82 Å². The third-order valence-electron chi connectivity index (χ3n) is 2.99. The number of nitrogens with one attached hydrogen (secondary N) is 1. The van der Waals surface area contributed by atoms with Crippen LogP contribution in [0.5, 0.6) is 0 Å². The Labute approximate surface area is 118 Å². The third kappa shape index (κ3) is 3.81. The Kier molecular flexibility index (Phi) is 4.99. The van der Waals surface area contributed by atoms with E-state index >= 15 is 0 Å². The lowest BCUT2D eigenvalue weighted by Gasteiger charge is -2.10. The van der Waals surface area contributed by atoms with Crippen LogP contribution in [0.4, 0.5) is 0 Å². The van der Waals surface area contributed by atoms with Crippen molar-refractivity contribution in [1.82, 2.24) is 15.5 Å². The Bertz CT molecular complexity index is 510. The van der Waals surface area contributed by atoms with Crippen LogP contribution in [-0.2, 0) is 12.2 Å². The highest BCUT2D eigenvalue weighted by atomic mass is 32.2. The van der Waals surface area contributed by atoms with Crippen LogP contribution in [0.25, 0.3) is 0 Å². The number of hydrogen-bond acceptors (Lipinski definition) is 5. The van der Waals surface area contributed by atoms with Crippen molar-refractivity contribution in [3.63, 3.8) is 0 Å². The number of hydrogen-bond donors (Lipinski definition) is 1. The Hall–Kier alpha value is -1.33. The SMILES string of the molecule is CCc1nc(CSc2ccc(C(C)NC)cc2)no1. The molecule has 1 aromatic heterocycles. The smallest absolute Gasteiger partial charge is 0.226 e. The Morgan fingerprint density at radius 3 is 2.63 bits per heavy atom. The molecule has 0 aliphatic carbocycles. The Morgan fingerprint density at radius 1 is 1.32 bits per heavy atom. The predicted molar refractivity (Wildman–Crippen MR) is 77.2 cm³/mol. The molecule has 19 heavy (non-hydrogen) atoms. The molecule has 2 rings (SSSR count). The summed E-state index contributed by atoms with van der Waals surface area (Å²) in [4.78, 5) is 5.51. The summed E-state index contributed by atoms with van der Waals surface area (Å²) >= 11 is 1.72. The average molecular weight is 277 g/mol. The molecular weight excluding hydrogens is 258 g/mol. The van der Waals surface area contributed by atoms with Gasteiger partial charge in [-0.15, -0.1) is 11.8 Å². The van der Waals surface area contributed by atoms with Gasteiger partial charge in [-0.05, 0) is 31.7 Å². The number of aromatic nitrogens is 2. The van der Waals surface area contributed by atoms with Crippen molar-refractivity contribution in [3.8, 4) is 0 Å². The van der Waals surface area contributed by atoms with Gasteiger partial charge in [-0.25, -0.2) is 0 Å². The molecular formula is C14H19N3OS. The largest absolute Gasteiger partial charge is 0.339 e. The fourth-order valence-corrected chi connectivity index (χ4v) is 2.40. The van der Waals surface area contributed by atoms with E-state index in [4.69, 9.17) is 4.52 Å². The molecule has 1 atom stereocenters. The van der Waals surface area contributed by atoms with Crippen LogP contribution in [0.15, 0.2) is 33.7 Å². The zero-order valence-corrected chi connectivity index (χ0v) is 12.3. The van der Waals surface area contributed by atoms with Gasteiger partial charge in [-0.2, -0.15) is 4.98 Å². The molecule has 4 nitrogen and oxygen atoms in total. The quantitative estimate of drug-likeness (QED) is 0.822. The molecule has 0 spiro atoms. The van der Waals surface area contributed by atoms with Crippen molar-refractivity contribution < 1.29 is 4.52 Å². The van der Waals surface area contributed by atoms with Crippen LogP contribution >= 0.6 is 11.8 Å². The first kappa shape index (κ1) is 14.1. The number of benzene rings is 1. The monoisotopic (exact) mass is 277 g/mol. The summed E-state index contributed by atoms with van der Waals surface area (Å²) in [7, 11) is 1.97. The molecule has 0 fully saturated rings. The summed E-state index contributed by atoms with van der Waals surface area (Å²) in [6.07, 6.45) is 0.786. The van der Waals surface area contributed by atoms with E-state index < -0.39 is 0 Å². The van der Waals surface area contributed by atoms with E-state index in [2.05, 4.69) is 46.6 Å². The molecule has 0 bridgehead atoms. The van der Waals surface area contributed by atoms with Crippen LogP contribution in [-0.4, -0.2) is 17.2 Å². The maximum atomic E-state index is 5.08. The van der Waals surface area contributed by atoms with E-state index in [-0.39, 0.29) is 0 Å². The first-order valence-corrected chi connectivity index (χ1v) is 7.43. The minimum absolute atomic E-state index is 0.378. The van der Waals surface area contributed by atoms with Gasteiger partial charge in [0.05, 0.1) is 5.75 Å². The normalized spacial score (nSPS) is 12.6. The van der Waals surface area contributed by atoms with Gasteiger partial charge in [0, 0.05) is 17.4 Å². The van der Waals surface area contributed by atoms with Crippen LogP contribution in [0.1, 0.15) is 37.2 Å². The molecule has 0 aliphatic heterocycles. The fraction of sp³-hybridized carbons (Fsp3) is 0.429. The van der Waals surface area contributed by atoms with Crippen molar-refractivity contribution in [2.24, 2.45) is 0 Å². The molecule has 0 aliphatic rings. The van der Waals surface area contributed by atoms with Crippen LogP contribution < -0.4 is 5.32 Å². The average Bonchev–Trinajstić information content (AvgIpc) is 2.93. The number of nitrogens with zero attached hydrogens (tertiary/aromatic N) is 2. The number of rotatable bonds is 6. The molecule has 1 aromatic carbocycles. The summed E-state index contributed by atoms with van der Waals surface area (Å²) in [5, 5.41) is 7.17. The second kappa shape index (κ2) is 6.73. The van der Waals surface area contributed by atoms with E-state index in [1.807, 2.05) is 14.0 Å². The molecule has 5 heteroatoms. The molecule has 0 radical (unpaired) electrons. The lowest BCUT2D eigenvalue weighted by molar-refractivity contribution is 0.378. The van der Waals surface area contributed by atoms with E-state index in [9.17, 15) is 0 Å². The standard InChI is InChI=1S/C14H19N3OS/c1-4-14-16-13(17-18-14)9-19-12-7-5-11(6-8-12)10(2)15-3/h5-8,10,15H,4,9H2,1-3H3. The number of thioether (sulfide) groups is 1. The first-order chi connectivity index (χ1) is 9.22. The van der Waals surface area contributed by atoms with Crippen molar-refractivity contribution in [1.29, 1.82) is 0 Å². The maximum absolute atomic E-state index is 5.08. The first-order valence-electron chi connectivity index (χ1n) is 6.44. The highest BCUT2D eigenvalue weighted by Crippen LogP contribution is 2.23. The van der Waals surface area contributed by atoms with E-state index in [0.29, 0.717) is 11.9 Å². The van der Waals surface area contributed by atoms with Gasteiger partial charge in [0.25, 0.3) is 0 Å². The van der Waals surface area contributed by atoms with Crippen molar-refractivity contribution >= 4 is 11.8 Å². The van der Waals surface area contributed by atoms with E-state index in [0.717, 1.165) is 18.0 Å². The summed E-state index contributed by atoms with van der Waals surface area (Å²) < 4.78 is 5.08. The number of aryl methyl sites for hydroxylation is 1. The van der Waals surface area contributed by atoms with Gasteiger partial charge >= 0.3 is 0 Å². The van der Waals surface area contributed by atoms with Crippen LogP contribution in [0.3, 0.4) is 0 Å². The minimum atomic E-state index is 0.378. The van der Waals surface area contributed by atoms with Gasteiger partial charge in [0.1, 0.15) is 0 Å². The Balaban J connectivity index is 1.92. The van der Waals surface area contributed by atoms with Gasteiger partial charge in [-0.3, -0.25) is 0 Å². The fourth-order valence-electron chi connectivity index (χ4n) is 1.66. The summed E-state index contributed by atoms with van der Waals surface area (Å²) in [6.45, 7) is 4.15. The van der Waals surface area contributed by atoms with Gasteiger partial charge < -0.3 is 9.84 Å². The van der Waals surface area contributed by atoms with Crippen LogP contribution in [0, 0.1) is 0 Å². The predicted octanol–water partition coefficient (Wildman–Crippen LogP) is 3.20. The second-order valence-corrected chi connectivity index (χ2v) is 5.37. The second-order valence-electron chi connectivity index (χ2n) is 4.33. The topological polar surface area (TPSA) is 51.0 Å². The lowest BCUT2D eigenvalue weighted by Crippen LogP contribution is -2.11. The molecule has 0 saturated carbocycles. The van der Waals surface area contributed by atoms with Gasteiger partial charge in [0.2, 0.25) is 5.89 Å². The van der Waals surface area contributed by atoms with Gasteiger partial charge in [-0.1, -0.05) is 24.2 Å². The molecule has 0 amide bonds. The van der Waals surface area contributed by atoms with Crippen molar-refractivity contribution in [3.05, 3.63) is 41.5 Å². The zero-order valence-electron chi connectivity index (χ0n) is 11.5. The van der Waals surface area contributed by atoms with Crippen LogP contribution in [0.2, 0.25) is 0 Å². The van der Waals surface area contributed by atoms with E-state index in [1.165, 1.54) is 10.5 Å². The third-order valence-corrected chi connectivity index (χ3v) is 4.00. The highest BCUT2D eigenvalue weighted by molar-refractivity contribution is 7.98. The molecule has 1 unspecified atom stereocenters. The summed E-state index contributed by atoms with van der Waals surface area (Å²) in [5.74, 6) is 2.20. The summed E-state index contributed by atoms with van der Waals surface area (Å²) in [6, 6.07) is 8.95.